The van der Waals surface area contributed by atoms with E-state index in [1.807, 2.05) is 6.07 Å². The highest BCUT2D eigenvalue weighted by atomic mass is 35.5. The summed E-state index contributed by atoms with van der Waals surface area (Å²) in [6.45, 7) is 3.16. The Bertz CT molecular complexity index is 627. The number of rotatable bonds is 3. The maximum atomic E-state index is 11.2. The number of carbonyl (C=O) groups is 1. The van der Waals surface area contributed by atoms with Crippen molar-refractivity contribution >= 4 is 29.5 Å². The number of anilines is 2. The van der Waals surface area contributed by atoms with E-state index in [-0.39, 0.29) is 0 Å². The van der Waals surface area contributed by atoms with Crippen LogP contribution >= 0.6 is 11.6 Å². The Morgan fingerprint density at radius 2 is 1.67 bits per heavy atom. The highest BCUT2D eigenvalue weighted by Gasteiger charge is 2.22. The molecule has 1 fully saturated rings. The standard InChI is InChI=1S/C15H15ClN4O/c16-13-4-1-3-12(11-21)14(13)19-7-9-20(10-8-19)15-17-5-2-6-18-15/h1-6,11H,7-10H2. The van der Waals surface area contributed by atoms with Crippen LogP contribution in [0.4, 0.5) is 11.6 Å². The van der Waals surface area contributed by atoms with Crippen LogP contribution in [0.15, 0.2) is 36.7 Å². The van der Waals surface area contributed by atoms with Crippen molar-refractivity contribution < 1.29 is 4.79 Å². The summed E-state index contributed by atoms with van der Waals surface area (Å²) in [4.78, 5) is 24.0. The van der Waals surface area contributed by atoms with Crippen LogP contribution in [0.1, 0.15) is 10.4 Å². The average Bonchev–Trinajstić information content (AvgIpc) is 2.55. The number of hydrogen-bond donors (Lipinski definition) is 0. The summed E-state index contributed by atoms with van der Waals surface area (Å²) in [6, 6.07) is 7.21. The third-order valence-electron chi connectivity index (χ3n) is 3.58. The van der Waals surface area contributed by atoms with Crippen molar-refractivity contribution in [2.45, 2.75) is 0 Å². The fourth-order valence-corrected chi connectivity index (χ4v) is 2.85. The van der Waals surface area contributed by atoms with Crippen LogP contribution in [0.25, 0.3) is 0 Å². The Balaban J connectivity index is 1.76. The molecule has 108 valence electrons. The second kappa shape index (κ2) is 6.10. The molecule has 6 heteroatoms. The predicted molar refractivity (Wildman–Crippen MR) is 83.3 cm³/mol. The first-order chi connectivity index (χ1) is 10.3. The van der Waals surface area contributed by atoms with Gasteiger partial charge in [0.25, 0.3) is 0 Å². The summed E-state index contributed by atoms with van der Waals surface area (Å²) in [5, 5.41) is 0.615. The molecule has 0 N–H and O–H groups in total. The van der Waals surface area contributed by atoms with Crippen molar-refractivity contribution in [3.63, 3.8) is 0 Å². The van der Waals surface area contributed by atoms with Crippen LogP contribution in [0.2, 0.25) is 5.02 Å². The molecule has 0 bridgehead atoms. The van der Waals surface area contributed by atoms with Crippen LogP contribution in [0, 0.1) is 0 Å². The van der Waals surface area contributed by atoms with Crippen LogP contribution in [0.5, 0.6) is 0 Å². The fourth-order valence-electron chi connectivity index (χ4n) is 2.55. The minimum absolute atomic E-state index is 0.615. The van der Waals surface area contributed by atoms with Gasteiger partial charge in [0.1, 0.15) is 0 Å². The number of para-hydroxylation sites is 1. The Morgan fingerprint density at radius 3 is 2.33 bits per heavy atom. The number of hydrogen-bond acceptors (Lipinski definition) is 5. The van der Waals surface area contributed by atoms with E-state index in [1.165, 1.54) is 0 Å². The summed E-state index contributed by atoms with van der Waals surface area (Å²) in [7, 11) is 0. The Morgan fingerprint density at radius 1 is 1.00 bits per heavy atom. The maximum absolute atomic E-state index is 11.2. The lowest BCUT2D eigenvalue weighted by Crippen LogP contribution is -2.47. The Kier molecular flexibility index (Phi) is 4.01. The minimum Gasteiger partial charge on any atom is -0.366 e. The third-order valence-corrected chi connectivity index (χ3v) is 3.88. The van der Waals surface area contributed by atoms with Crippen molar-refractivity contribution in [1.82, 2.24) is 9.97 Å². The zero-order valence-corrected chi connectivity index (χ0v) is 12.2. The van der Waals surface area contributed by atoms with Crippen LogP contribution < -0.4 is 9.80 Å². The van der Waals surface area contributed by atoms with Crippen molar-refractivity contribution in [3.05, 3.63) is 47.2 Å². The molecule has 0 amide bonds. The lowest BCUT2D eigenvalue weighted by Gasteiger charge is -2.36. The summed E-state index contributed by atoms with van der Waals surface area (Å²) in [5.74, 6) is 0.743. The molecule has 2 heterocycles. The smallest absolute Gasteiger partial charge is 0.225 e. The second-order valence-electron chi connectivity index (χ2n) is 4.82. The van der Waals surface area contributed by atoms with Crippen LogP contribution in [-0.4, -0.2) is 42.4 Å². The number of benzene rings is 1. The number of halogens is 1. The van der Waals surface area contributed by atoms with Crippen molar-refractivity contribution in [2.75, 3.05) is 36.0 Å². The van der Waals surface area contributed by atoms with Gasteiger partial charge in [-0.3, -0.25) is 4.79 Å². The van der Waals surface area contributed by atoms with Gasteiger partial charge in [0.15, 0.2) is 6.29 Å². The molecule has 21 heavy (non-hydrogen) atoms. The monoisotopic (exact) mass is 302 g/mol. The summed E-state index contributed by atoms with van der Waals surface area (Å²) in [6.07, 6.45) is 4.34. The van der Waals surface area contributed by atoms with Gasteiger partial charge in [-0.1, -0.05) is 17.7 Å². The molecule has 0 aliphatic carbocycles. The molecule has 1 saturated heterocycles. The van der Waals surface area contributed by atoms with E-state index in [0.29, 0.717) is 10.6 Å². The number of piperazine rings is 1. The molecule has 0 spiro atoms. The van der Waals surface area contributed by atoms with Gasteiger partial charge in [0, 0.05) is 44.1 Å². The Hall–Kier alpha value is -2.14. The molecule has 5 nitrogen and oxygen atoms in total. The van der Waals surface area contributed by atoms with Gasteiger partial charge in [0.05, 0.1) is 10.7 Å². The van der Waals surface area contributed by atoms with Crippen LogP contribution in [-0.2, 0) is 0 Å². The molecule has 1 aromatic heterocycles. The normalized spacial score (nSPS) is 15.1. The fraction of sp³-hybridized carbons (Fsp3) is 0.267. The molecule has 0 radical (unpaired) electrons. The molecular formula is C15H15ClN4O. The highest BCUT2D eigenvalue weighted by Crippen LogP contribution is 2.30. The first kappa shape index (κ1) is 13.8. The van der Waals surface area contributed by atoms with Gasteiger partial charge in [-0.25, -0.2) is 9.97 Å². The molecule has 3 rings (SSSR count). The summed E-state index contributed by atoms with van der Waals surface area (Å²) in [5.41, 5.74) is 1.45. The minimum atomic E-state index is 0.615. The molecule has 1 aromatic carbocycles. The average molecular weight is 303 g/mol. The summed E-state index contributed by atoms with van der Waals surface area (Å²) >= 11 is 6.26. The summed E-state index contributed by atoms with van der Waals surface area (Å²) < 4.78 is 0. The van der Waals surface area contributed by atoms with Crippen molar-refractivity contribution in [2.24, 2.45) is 0 Å². The highest BCUT2D eigenvalue weighted by molar-refractivity contribution is 6.33. The van der Waals surface area contributed by atoms with Crippen molar-refractivity contribution in [3.8, 4) is 0 Å². The van der Waals surface area contributed by atoms with Gasteiger partial charge >= 0.3 is 0 Å². The predicted octanol–water partition coefficient (Wildman–Crippen LogP) is 2.27. The SMILES string of the molecule is O=Cc1cccc(Cl)c1N1CCN(c2ncccn2)CC1. The quantitative estimate of drug-likeness (QED) is 0.814. The molecule has 0 unspecified atom stereocenters. The van der Waals surface area contributed by atoms with E-state index >= 15 is 0 Å². The lowest BCUT2D eigenvalue weighted by atomic mass is 10.1. The first-order valence-electron chi connectivity index (χ1n) is 6.80. The topological polar surface area (TPSA) is 49.3 Å². The zero-order chi connectivity index (χ0) is 14.7. The largest absolute Gasteiger partial charge is 0.366 e. The molecule has 1 aliphatic heterocycles. The van der Waals surface area contributed by atoms with E-state index in [4.69, 9.17) is 11.6 Å². The van der Waals surface area contributed by atoms with Gasteiger partial charge in [-0.05, 0) is 18.2 Å². The van der Waals surface area contributed by atoms with E-state index in [9.17, 15) is 4.79 Å². The van der Waals surface area contributed by atoms with E-state index in [0.717, 1.165) is 44.1 Å². The molecule has 2 aromatic rings. The van der Waals surface area contributed by atoms with Gasteiger partial charge in [-0.15, -0.1) is 0 Å². The molecule has 1 aliphatic rings. The van der Waals surface area contributed by atoms with E-state index in [1.54, 1.807) is 30.6 Å². The molecular weight excluding hydrogens is 288 g/mol. The van der Waals surface area contributed by atoms with Crippen LogP contribution in [0.3, 0.4) is 0 Å². The number of aromatic nitrogens is 2. The lowest BCUT2D eigenvalue weighted by molar-refractivity contribution is 0.112. The number of carbonyl (C=O) groups excluding carboxylic acids is 1. The molecule has 0 atom stereocenters. The third kappa shape index (κ3) is 2.83. The van der Waals surface area contributed by atoms with Gasteiger partial charge in [0.2, 0.25) is 5.95 Å². The van der Waals surface area contributed by atoms with E-state index in [2.05, 4.69) is 19.8 Å². The number of nitrogens with zero attached hydrogens (tertiary/aromatic N) is 4. The maximum Gasteiger partial charge on any atom is 0.225 e. The number of aldehydes is 1. The second-order valence-corrected chi connectivity index (χ2v) is 5.23. The van der Waals surface area contributed by atoms with Crippen molar-refractivity contribution in [1.29, 1.82) is 0 Å². The zero-order valence-electron chi connectivity index (χ0n) is 11.4. The van der Waals surface area contributed by atoms with Gasteiger partial charge in [-0.2, -0.15) is 0 Å². The van der Waals surface area contributed by atoms with Gasteiger partial charge < -0.3 is 9.80 Å². The molecule has 0 saturated carbocycles. The van der Waals surface area contributed by atoms with E-state index < -0.39 is 0 Å². The Labute approximate surface area is 128 Å². The first-order valence-corrected chi connectivity index (χ1v) is 7.18.